The van der Waals surface area contributed by atoms with Crippen LogP contribution in [0.2, 0.25) is 10.0 Å². The summed E-state index contributed by atoms with van der Waals surface area (Å²) in [6.45, 7) is 7.17. The van der Waals surface area contributed by atoms with Gasteiger partial charge >= 0.3 is 0 Å². The van der Waals surface area contributed by atoms with Crippen LogP contribution >= 0.6 is 23.2 Å². The van der Waals surface area contributed by atoms with E-state index in [-0.39, 0.29) is 11.9 Å². The minimum absolute atomic E-state index is 0.0621. The van der Waals surface area contributed by atoms with Crippen LogP contribution < -0.4 is 4.74 Å². The van der Waals surface area contributed by atoms with Crippen LogP contribution in [-0.2, 0) is 4.79 Å². The van der Waals surface area contributed by atoms with Crippen molar-refractivity contribution in [3.05, 3.63) is 28.2 Å². The van der Waals surface area contributed by atoms with Gasteiger partial charge in [-0.25, -0.2) is 0 Å². The molecule has 0 N–H and O–H groups in total. The summed E-state index contributed by atoms with van der Waals surface area (Å²) in [5.74, 6) is 0.360. The molecule has 124 valence electrons. The Morgan fingerprint density at radius 3 is 2.36 bits per heavy atom. The molecular weight excluding hydrogens is 323 g/mol. The van der Waals surface area contributed by atoms with Crippen LogP contribution in [0.4, 0.5) is 0 Å². The van der Waals surface area contributed by atoms with E-state index in [4.69, 9.17) is 27.9 Å². The maximum absolute atomic E-state index is 12.6. The summed E-state index contributed by atoms with van der Waals surface area (Å²) in [5.41, 5.74) is 0. The molecule has 1 atom stereocenters. The predicted octanol–water partition coefficient (Wildman–Crippen LogP) is 3.56. The fourth-order valence-electron chi connectivity index (χ4n) is 1.98. The van der Waals surface area contributed by atoms with Crippen LogP contribution in [0.25, 0.3) is 0 Å². The largest absolute Gasteiger partial charge is 0.479 e. The zero-order valence-corrected chi connectivity index (χ0v) is 15.3. The van der Waals surface area contributed by atoms with Gasteiger partial charge in [-0.05, 0) is 47.0 Å². The topological polar surface area (TPSA) is 32.8 Å². The van der Waals surface area contributed by atoms with Crippen molar-refractivity contribution in [3.8, 4) is 5.75 Å². The molecule has 0 saturated heterocycles. The van der Waals surface area contributed by atoms with E-state index in [0.29, 0.717) is 22.3 Å². The summed E-state index contributed by atoms with van der Waals surface area (Å²) in [7, 11) is 3.96. The molecule has 1 aromatic carbocycles. The molecule has 0 bridgehead atoms. The molecule has 0 aromatic heterocycles. The molecule has 22 heavy (non-hydrogen) atoms. The molecule has 0 aliphatic carbocycles. The minimum atomic E-state index is -0.625. The van der Waals surface area contributed by atoms with Gasteiger partial charge in [0.05, 0.1) is 5.02 Å². The molecule has 0 heterocycles. The molecule has 0 unspecified atom stereocenters. The van der Waals surface area contributed by atoms with Gasteiger partial charge in [0, 0.05) is 19.1 Å². The number of carbonyl (C=O) groups is 1. The van der Waals surface area contributed by atoms with Crippen molar-refractivity contribution in [3.63, 3.8) is 0 Å². The number of benzene rings is 1. The van der Waals surface area contributed by atoms with E-state index >= 15 is 0 Å². The highest BCUT2D eigenvalue weighted by molar-refractivity contribution is 6.42. The smallest absolute Gasteiger partial charge is 0.263 e. The second kappa shape index (κ2) is 8.61. The standard InChI is InChI=1S/C16H24Cl2N2O2/c1-11(2)20(10-9-19(4)5)16(21)12(3)22-14-8-6-7-13(17)15(14)18/h6-8,11-12H,9-10H2,1-5H3/t12-/m1/s1. The van der Waals surface area contributed by atoms with Gasteiger partial charge in [-0.3, -0.25) is 4.79 Å². The van der Waals surface area contributed by atoms with Gasteiger partial charge in [-0.1, -0.05) is 29.3 Å². The summed E-state index contributed by atoms with van der Waals surface area (Å²) >= 11 is 12.1. The molecule has 0 aliphatic heterocycles. The Hall–Kier alpha value is -0.970. The Morgan fingerprint density at radius 2 is 1.82 bits per heavy atom. The first kappa shape index (κ1) is 19.1. The summed E-state index contributed by atoms with van der Waals surface area (Å²) in [4.78, 5) is 16.5. The van der Waals surface area contributed by atoms with Gasteiger partial charge in [-0.2, -0.15) is 0 Å². The highest BCUT2D eigenvalue weighted by Crippen LogP contribution is 2.32. The molecule has 0 saturated carbocycles. The summed E-state index contributed by atoms with van der Waals surface area (Å²) in [6.07, 6.45) is -0.625. The van der Waals surface area contributed by atoms with Crippen molar-refractivity contribution in [1.82, 2.24) is 9.80 Å². The van der Waals surface area contributed by atoms with Gasteiger partial charge in [0.2, 0.25) is 0 Å². The number of amides is 1. The van der Waals surface area contributed by atoms with Gasteiger partial charge < -0.3 is 14.5 Å². The first-order chi connectivity index (χ1) is 10.2. The number of carbonyl (C=O) groups excluding carboxylic acids is 1. The maximum Gasteiger partial charge on any atom is 0.263 e. The molecular formula is C16H24Cl2N2O2. The lowest BCUT2D eigenvalue weighted by atomic mass is 10.2. The van der Waals surface area contributed by atoms with Crippen LogP contribution in [0.1, 0.15) is 20.8 Å². The fraction of sp³-hybridized carbons (Fsp3) is 0.562. The quantitative estimate of drug-likeness (QED) is 0.756. The summed E-state index contributed by atoms with van der Waals surface area (Å²) in [5, 5.41) is 0.736. The van der Waals surface area contributed by atoms with Crippen molar-refractivity contribution in [2.45, 2.75) is 32.9 Å². The van der Waals surface area contributed by atoms with Gasteiger partial charge in [0.25, 0.3) is 5.91 Å². The third-order valence-electron chi connectivity index (χ3n) is 3.26. The number of nitrogens with zero attached hydrogens (tertiary/aromatic N) is 2. The van der Waals surface area contributed by atoms with E-state index in [1.165, 1.54) is 0 Å². The number of likely N-dealkylation sites (N-methyl/N-ethyl adjacent to an activating group) is 1. The van der Waals surface area contributed by atoms with Crippen LogP contribution in [0.5, 0.6) is 5.75 Å². The second-order valence-electron chi connectivity index (χ2n) is 5.74. The first-order valence-corrected chi connectivity index (χ1v) is 8.05. The third-order valence-corrected chi connectivity index (χ3v) is 4.06. The van der Waals surface area contributed by atoms with Crippen molar-refractivity contribution < 1.29 is 9.53 Å². The Bertz CT molecular complexity index is 507. The Labute approximate surface area is 142 Å². The zero-order valence-electron chi connectivity index (χ0n) is 13.8. The van der Waals surface area contributed by atoms with E-state index in [0.717, 1.165) is 6.54 Å². The third kappa shape index (κ3) is 5.34. The van der Waals surface area contributed by atoms with Crippen LogP contribution in [0.3, 0.4) is 0 Å². The lowest BCUT2D eigenvalue weighted by Crippen LogP contribution is -2.46. The normalized spacial score (nSPS) is 12.6. The number of hydrogen-bond donors (Lipinski definition) is 0. The van der Waals surface area contributed by atoms with Crippen molar-refractivity contribution >= 4 is 29.1 Å². The molecule has 1 aromatic rings. The van der Waals surface area contributed by atoms with Crippen molar-refractivity contribution in [2.75, 3.05) is 27.2 Å². The zero-order chi connectivity index (χ0) is 16.9. The Balaban J connectivity index is 2.78. The Kier molecular flexibility index (Phi) is 7.46. The second-order valence-corrected chi connectivity index (χ2v) is 6.53. The average molecular weight is 347 g/mol. The minimum Gasteiger partial charge on any atom is -0.479 e. The molecule has 6 heteroatoms. The number of hydrogen-bond acceptors (Lipinski definition) is 3. The molecule has 0 aliphatic rings. The van der Waals surface area contributed by atoms with E-state index in [1.54, 1.807) is 25.1 Å². The highest BCUT2D eigenvalue weighted by atomic mass is 35.5. The summed E-state index contributed by atoms with van der Waals surface area (Å²) in [6, 6.07) is 5.24. The number of rotatable bonds is 7. The molecule has 0 spiro atoms. The van der Waals surface area contributed by atoms with Crippen molar-refractivity contribution in [1.29, 1.82) is 0 Å². The molecule has 1 amide bonds. The van der Waals surface area contributed by atoms with Crippen LogP contribution in [-0.4, -0.2) is 55.0 Å². The SMILES string of the molecule is CC(C)N(CCN(C)C)C(=O)[C@@H](C)Oc1cccc(Cl)c1Cl. The highest BCUT2D eigenvalue weighted by Gasteiger charge is 2.25. The fourth-order valence-corrected chi connectivity index (χ4v) is 2.32. The van der Waals surface area contributed by atoms with Crippen LogP contribution in [0, 0.1) is 0 Å². The lowest BCUT2D eigenvalue weighted by molar-refractivity contribution is -0.139. The predicted molar refractivity (Wildman–Crippen MR) is 92.0 cm³/mol. The van der Waals surface area contributed by atoms with Gasteiger partial charge in [0.1, 0.15) is 10.8 Å². The van der Waals surface area contributed by atoms with Gasteiger partial charge in [-0.15, -0.1) is 0 Å². The lowest BCUT2D eigenvalue weighted by Gasteiger charge is -2.30. The summed E-state index contributed by atoms with van der Waals surface area (Å²) < 4.78 is 5.70. The number of ether oxygens (including phenoxy) is 1. The number of halogens is 2. The van der Waals surface area contributed by atoms with E-state index in [1.807, 2.05) is 37.7 Å². The maximum atomic E-state index is 12.6. The van der Waals surface area contributed by atoms with Gasteiger partial charge in [0.15, 0.2) is 6.10 Å². The van der Waals surface area contributed by atoms with E-state index in [9.17, 15) is 4.79 Å². The van der Waals surface area contributed by atoms with Crippen molar-refractivity contribution in [2.24, 2.45) is 0 Å². The van der Waals surface area contributed by atoms with Crippen LogP contribution in [0.15, 0.2) is 18.2 Å². The van der Waals surface area contributed by atoms with E-state index in [2.05, 4.69) is 0 Å². The molecule has 1 rings (SSSR count). The molecule has 4 nitrogen and oxygen atoms in total. The Morgan fingerprint density at radius 1 is 1.18 bits per heavy atom. The molecule has 0 radical (unpaired) electrons. The average Bonchev–Trinajstić information content (AvgIpc) is 2.43. The molecule has 0 fully saturated rings. The monoisotopic (exact) mass is 346 g/mol. The first-order valence-electron chi connectivity index (χ1n) is 7.30. The van der Waals surface area contributed by atoms with E-state index < -0.39 is 6.10 Å².